The number of ether oxygens (including phenoxy) is 1. The van der Waals surface area contributed by atoms with Gasteiger partial charge in [0.2, 0.25) is 5.95 Å². The second-order valence-corrected chi connectivity index (χ2v) is 10.5. The van der Waals surface area contributed by atoms with Crippen molar-refractivity contribution in [1.82, 2.24) is 15.0 Å². The lowest BCUT2D eigenvalue weighted by atomic mass is 10.2. The lowest BCUT2D eigenvalue weighted by molar-refractivity contribution is -0.193. The third kappa shape index (κ3) is 9.55. The molecule has 0 spiro atoms. The summed E-state index contributed by atoms with van der Waals surface area (Å²) in [7, 11) is 0. The lowest BCUT2D eigenvalue weighted by Crippen LogP contribution is -2.39. The largest absolute Gasteiger partial charge is 0.493 e. The number of carbonyl (C=O) groups is 3. The SMILES string of the molecule is O=C(C(=O)C(F)(F)F)C(F)(F)F.O=C(Nc1cc2cc(c1)OCCSc1cccc(c1)Nc1nc(ncc1Cl)N2)c1ccncc1. The van der Waals surface area contributed by atoms with E-state index in [1.165, 1.54) is 6.20 Å². The maximum absolute atomic E-state index is 12.7. The number of anilines is 5. The van der Waals surface area contributed by atoms with Gasteiger partial charge in [0, 0.05) is 57.8 Å². The number of ketones is 2. The molecule has 2 aromatic heterocycles. The van der Waals surface area contributed by atoms with Crippen molar-refractivity contribution in [2.45, 2.75) is 17.2 Å². The van der Waals surface area contributed by atoms with Crippen LogP contribution in [0, 0.1) is 0 Å². The second kappa shape index (κ2) is 14.5. The first-order valence-electron chi connectivity index (χ1n) is 12.7. The summed E-state index contributed by atoms with van der Waals surface area (Å²) in [6, 6.07) is 16.7. The first-order chi connectivity index (χ1) is 21.7. The van der Waals surface area contributed by atoms with E-state index in [2.05, 4.69) is 30.9 Å². The smallest absolute Gasteiger partial charge is 0.458 e. The highest BCUT2D eigenvalue weighted by molar-refractivity contribution is 7.99. The number of hydrogen-bond acceptors (Lipinski definition) is 10. The van der Waals surface area contributed by atoms with Gasteiger partial charge in [0.25, 0.3) is 5.91 Å². The molecule has 0 unspecified atom stereocenters. The number of aromatic nitrogens is 3. The Morgan fingerprint density at radius 1 is 0.891 bits per heavy atom. The van der Waals surface area contributed by atoms with Crippen LogP contribution in [0.25, 0.3) is 0 Å². The van der Waals surface area contributed by atoms with Crippen molar-refractivity contribution in [1.29, 1.82) is 0 Å². The standard InChI is InChI=1S/C24H19ClN6O2S.C4F6O2/c25-21-14-27-24-30-18-10-17(29-23(32)15-4-6-26-7-5-15)11-19(12-18)33-8-9-34-20-3-1-2-16(13-20)28-22(21)31-24;5-3(6,7)1(11)2(12)4(8,9)10/h1-7,10-14H,8-9H2,(H,29,32)(H2,27,28,30,31);. The lowest BCUT2D eigenvalue weighted by Gasteiger charge is -2.13. The van der Waals surface area contributed by atoms with Gasteiger partial charge in [0.1, 0.15) is 10.8 Å². The van der Waals surface area contributed by atoms with Crippen molar-refractivity contribution < 1.29 is 45.5 Å². The monoisotopic (exact) mass is 684 g/mol. The average Bonchev–Trinajstić information content (AvgIpc) is 3.00. The molecule has 4 aromatic rings. The van der Waals surface area contributed by atoms with Crippen molar-refractivity contribution in [3.63, 3.8) is 0 Å². The Labute approximate surface area is 264 Å². The number of nitrogens with one attached hydrogen (secondary N) is 3. The van der Waals surface area contributed by atoms with E-state index in [0.717, 1.165) is 16.3 Å². The zero-order chi connectivity index (χ0) is 33.5. The number of Topliss-reactive ketones (excluding diaryl/α,β-unsaturated/α-hetero) is 2. The minimum atomic E-state index is -5.77. The minimum Gasteiger partial charge on any atom is -0.493 e. The van der Waals surface area contributed by atoms with Crippen molar-refractivity contribution >= 4 is 69.7 Å². The molecule has 5 rings (SSSR count). The number of hydrogen-bond donors (Lipinski definition) is 3. The average molecular weight is 685 g/mol. The molecule has 0 saturated carbocycles. The topological polar surface area (TPSA) is 135 Å². The first kappa shape index (κ1) is 34.0. The fourth-order valence-corrected chi connectivity index (χ4v) is 4.48. The van der Waals surface area contributed by atoms with Crippen LogP contribution in [0.4, 0.5) is 55.2 Å². The zero-order valence-corrected chi connectivity index (χ0v) is 24.4. The van der Waals surface area contributed by atoms with Gasteiger partial charge in [0.05, 0.1) is 12.8 Å². The Hall–Kier alpha value is -4.90. The molecule has 0 fully saturated rings. The van der Waals surface area contributed by atoms with Crippen LogP contribution in [0.2, 0.25) is 5.02 Å². The van der Waals surface area contributed by atoms with Gasteiger partial charge in [-0.25, -0.2) is 4.98 Å². The van der Waals surface area contributed by atoms with Gasteiger partial charge < -0.3 is 20.7 Å². The number of benzene rings is 2. The van der Waals surface area contributed by atoms with Gasteiger partial charge in [-0.2, -0.15) is 31.3 Å². The Morgan fingerprint density at radius 3 is 2.26 bits per heavy atom. The number of halogens is 7. The van der Waals surface area contributed by atoms with Gasteiger partial charge in [0.15, 0.2) is 5.82 Å². The van der Waals surface area contributed by atoms with E-state index < -0.39 is 23.9 Å². The van der Waals surface area contributed by atoms with Gasteiger partial charge in [-0.3, -0.25) is 19.4 Å². The van der Waals surface area contributed by atoms with E-state index in [9.17, 15) is 40.7 Å². The molecule has 1 amide bonds. The molecule has 0 atom stereocenters. The summed E-state index contributed by atoms with van der Waals surface area (Å²) >= 11 is 8.01. The number of pyridine rings is 1. The molecule has 0 saturated heterocycles. The van der Waals surface area contributed by atoms with Crippen LogP contribution < -0.4 is 20.7 Å². The molecule has 0 aliphatic carbocycles. The highest BCUT2D eigenvalue weighted by atomic mass is 35.5. The number of alkyl halides is 6. The van der Waals surface area contributed by atoms with E-state index in [0.29, 0.717) is 46.1 Å². The van der Waals surface area contributed by atoms with E-state index >= 15 is 0 Å². The van der Waals surface area contributed by atoms with Crippen LogP contribution in [-0.4, -0.2) is 57.1 Å². The first-order valence-corrected chi connectivity index (χ1v) is 14.1. The highest BCUT2D eigenvalue weighted by Gasteiger charge is 2.54. The van der Waals surface area contributed by atoms with Crippen LogP contribution in [-0.2, 0) is 9.59 Å². The zero-order valence-electron chi connectivity index (χ0n) is 22.9. The third-order valence-electron chi connectivity index (χ3n) is 5.55. The molecule has 3 heterocycles. The fourth-order valence-electron chi connectivity index (χ4n) is 3.55. The molecule has 0 radical (unpaired) electrons. The molecular weight excluding hydrogens is 666 g/mol. The van der Waals surface area contributed by atoms with Crippen molar-refractivity contribution in [2.75, 3.05) is 28.3 Å². The maximum atomic E-state index is 12.7. The molecule has 3 N–H and O–H groups in total. The van der Waals surface area contributed by atoms with Crippen molar-refractivity contribution in [2.24, 2.45) is 0 Å². The van der Waals surface area contributed by atoms with Crippen LogP contribution in [0.1, 0.15) is 10.4 Å². The summed E-state index contributed by atoms with van der Waals surface area (Å²) in [6.07, 6.45) is -6.86. The molecule has 2 aromatic carbocycles. The number of carbonyl (C=O) groups excluding carboxylic acids is 3. The van der Waals surface area contributed by atoms with Gasteiger partial charge in [-0.1, -0.05) is 17.7 Å². The number of thioether (sulfide) groups is 1. The van der Waals surface area contributed by atoms with Gasteiger partial charge in [-0.15, -0.1) is 11.8 Å². The normalized spacial score (nSPS) is 12.8. The molecule has 6 bridgehead atoms. The Morgan fingerprint density at radius 2 is 1.59 bits per heavy atom. The summed E-state index contributed by atoms with van der Waals surface area (Å²) in [5, 5.41) is 9.73. The summed E-state index contributed by atoms with van der Waals surface area (Å²) in [6.45, 7) is 0.486. The molecule has 1 aliphatic heterocycles. The number of amides is 1. The molecular formula is C28H19ClF6N6O4S. The summed E-state index contributed by atoms with van der Waals surface area (Å²) in [4.78, 5) is 45.7. The Kier molecular flexibility index (Phi) is 10.7. The summed E-state index contributed by atoms with van der Waals surface area (Å²) < 4.78 is 73.0. The van der Waals surface area contributed by atoms with E-state index in [1.54, 1.807) is 48.4 Å². The molecule has 46 heavy (non-hydrogen) atoms. The summed E-state index contributed by atoms with van der Waals surface area (Å²) in [5.41, 5.74) is 2.59. The number of fused-ring (bicyclic) bond motifs is 6. The third-order valence-corrected chi connectivity index (χ3v) is 6.78. The van der Waals surface area contributed by atoms with Gasteiger partial charge >= 0.3 is 23.9 Å². The van der Waals surface area contributed by atoms with E-state index in [-0.39, 0.29) is 5.91 Å². The van der Waals surface area contributed by atoms with Crippen LogP contribution in [0.15, 0.2) is 78.1 Å². The number of rotatable bonds is 3. The molecule has 10 nitrogen and oxygen atoms in total. The van der Waals surface area contributed by atoms with Crippen LogP contribution in [0.3, 0.4) is 0 Å². The molecule has 18 heteroatoms. The number of nitrogens with zero attached hydrogens (tertiary/aromatic N) is 3. The van der Waals surface area contributed by atoms with E-state index in [4.69, 9.17) is 16.3 Å². The van der Waals surface area contributed by atoms with Gasteiger partial charge in [-0.05, 0) is 36.4 Å². The molecule has 1 aliphatic rings. The van der Waals surface area contributed by atoms with Crippen molar-refractivity contribution in [3.8, 4) is 5.75 Å². The van der Waals surface area contributed by atoms with Crippen LogP contribution >= 0.6 is 23.4 Å². The predicted octanol–water partition coefficient (Wildman–Crippen LogP) is 7.00. The second-order valence-electron chi connectivity index (χ2n) is 8.95. The predicted molar refractivity (Wildman–Crippen MR) is 157 cm³/mol. The molecule has 240 valence electrons. The van der Waals surface area contributed by atoms with Crippen LogP contribution in [0.5, 0.6) is 5.75 Å². The highest BCUT2D eigenvalue weighted by Crippen LogP contribution is 2.31. The van der Waals surface area contributed by atoms with E-state index in [1.807, 2.05) is 30.3 Å². The quantitative estimate of drug-likeness (QED) is 0.153. The minimum absolute atomic E-state index is 0.250. The fraction of sp³-hybridized carbons (Fsp3) is 0.143. The summed E-state index contributed by atoms with van der Waals surface area (Å²) in [5.74, 6) is -4.89. The maximum Gasteiger partial charge on any atom is 0.458 e. The van der Waals surface area contributed by atoms with Crippen molar-refractivity contribution in [3.05, 3.63) is 83.8 Å². The Balaban J connectivity index is 0.000000342. The Bertz CT molecular complexity index is 1720.